The third kappa shape index (κ3) is 3.31. The van der Waals surface area contributed by atoms with Gasteiger partial charge in [0.2, 0.25) is 0 Å². The van der Waals surface area contributed by atoms with Crippen molar-refractivity contribution < 1.29 is 9.84 Å². The molecular formula is C17H21NO2. The maximum Gasteiger partial charge on any atom is 0.124 e. The van der Waals surface area contributed by atoms with Gasteiger partial charge in [0, 0.05) is 17.7 Å². The zero-order chi connectivity index (χ0) is 14.5. The summed E-state index contributed by atoms with van der Waals surface area (Å²) in [7, 11) is 1.59. The summed E-state index contributed by atoms with van der Waals surface area (Å²) >= 11 is 0. The highest BCUT2D eigenvalue weighted by Gasteiger charge is 2.18. The van der Waals surface area contributed by atoms with Crippen molar-refractivity contribution in [2.45, 2.75) is 25.9 Å². The van der Waals surface area contributed by atoms with Crippen molar-refractivity contribution >= 4 is 0 Å². The topological polar surface area (TPSA) is 41.5 Å². The van der Waals surface area contributed by atoms with E-state index in [-0.39, 0.29) is 11.8 Å². The van der Waals surface area contributed by atoms with E-state index in [1.807, 2.05) is 30.3 Å². The summed E-state index contributed by atoms with van der Waals surface area (Å²) in [6, 6.07) is 15.8. The molecule has 0 amide bonds. The predicted molar refractivity (Wildman–Crippen MR) is 81.2 cm³/mol. The van der Waals surface area contributed by atoms with Gasteiger partial charge < -0.3 is 15.2 Å². The van der Waals surface area contributed by atoms with Crippen molar-refractivity contribution in [2.75, 3.05) is 7.11 Å². The minimum Gasteiger partial charge on any atom is -0.507 e. The molecule has 0 spiro atoms. The van der Waals surface area contributed by atoms with Gasteiger partial charge in [-0.05, 0) is 31.5 Å². The molecule has 0 fully saturated rings. The third-order valence-electron chi connectivity index (χ3n) is 3.18. The molecule has 0 bridgehead atoms. The van der Waals surface area contributed by atoms with Gasteiger partial charge in [0.25, 0.3) is 0 Å². The maximum atomic E-state index is 10.2. The van der Waals surface area contributed by atoms with E-state index in [1.54, 1.807) is 13.2 Å². The average molecular weight is 271 g/mol. The number of ether oxygens (including phenoxy) is 1. The van der Waals surface area contributed by atoms with Gasteiger partial charge in [-0.1, -0.05) is 30.3 Å². The summed E-state index contributed by atoms with van der Waals surface area (Å²) in [6.07, 6.45) is 0. The molecule has 0 aliphatic heterocycles. The number of hydrogen-bond donors (Lipinski definition) is 2. The molecule has 2 aromatic carbocycles. The predicted octanol–water partition coefficient (Wildman–Crippen LogP) is 3.49. The Kier molecular flexibility index (Phi) is 4.64. The first-order valence-corrected chi connectivity index (χ1v) is 6.79. The van der Waals surface area contributed by atoms with E-state index >= 15 is 0 Å². The highest BCUT2D eigenvalue weighted by atomic mass is 16.5. The monoisotopic (exact) mass is 271 g/mol. The van der Waals surface area contributed by atoms with Gasteiger partial charge in [-0.25, -0.2) is 0 Å². The second-order valence-electron chi connectivity index (χ2n) is 5.09. The number of methoxy groups -OCH3 is 1. The SMILES string of the molecule is COc1ccc(C(NC(C)C)c2ccccc2)c(O)c1. The van der Waals surface area contributed by atoms with Crippen LogP contribution in [-0.2, 0) is 0 Å². The minimum absolute atomic E-state index is 0.0397. The van der Waals surface area contributed by atoms with Crippen LogP contribution in [0.3, 0.4) is 0 Å². The van der Waals surface area contributed by atoms with Gasteiger partial charge in [-0.3, -0.25) is 0 Å². The minimum atomic E-state index is -0.0397. The molecule has 3 nitrogen and oxygen atoms in total. The van der Waals surface area contributed by atoms with Crippen molar-refractivity contribution in [1.82, 2.24) is 5.32 Å². The average Bonchev–Trinajstić information content (AvgIpc) is 2.45. The van der Waals surface area contributed by atoms with Gasteiger partial charge in [-0.2, -0.15) is 0 Å². The largest absolute Gasteiger partial charge is 0.507 e. The van der Waals surface area contributed by atoms with Crippen LogP contribution in [0.1, 0.15) is 31.0 Å². The number of nitrogens with one attached hydrogen (secondary N) is 1. The van der Waals surface area contributed by atoms with Crippen LogP contribution < -0.4 is 10.1 Å². The molecule has 2 rings (SSSR count). The molecule has 0 aliphatic rings. The highest BCUT2D eigenvalue weighted by molar-refractivity contribution is 5.45. The van der Waals surface area contributed by atoms with E-state index in [0.29, 0.717) is 11.8 Å². The number of hydrogen-bond acceptors (Lipinski definition) is 3. The molecule has 0 saturated heterocycles. The summed E-state index contributed by atoms with van der Waals surface area (Å²) in [6.45, 7) is 4.19. The Labute approximate surface area is 120 Å². The molecule has 0 saturated carbocycles. The van der Waals surface area contributed by atoms with Crippen LogP contribution in [0.25, 0.3) is 0 Å². The molecule has 20 heavy (non-hydrogen) atoms. The van der Waals surface area contributed by atoms with Gasteiger partial charge in [0.05, 0.1) is 13.2 Å². The van der Waals surface area contributed by atoms with E-state index in [9.17, 15) is 5.11 Å². The number of rotatable bonds is 5. The molecule has 1 atom stereocenters. The summed E-state index contributed by atoms with van der Waals surface area (Å²) in [5.41, 5.74) is 1.98. The first-order valence-electron chi connectivity index (χ1n) is 6.79. The summed E-state index contributed by atoms with van der Waals surface area (Å²) in [5, 5.41) is 13.7. The molecule has 0 aliphatic carbocycles. The molecule has 106 valence electrons. The lowest BCUT2D eigenvalue weighted by Crippen LogP contribution is -2.29. The Morgan fingerprint density at radius 3 is 2.30 bits per heavy atom. The Balaban J connectivity index is 2.41. The van der Waals surface area contributed by atoms with Crippen LogP contribution in [-0.4, -0.2) is 18.3 Å². The fourth-order valence-corrected chi connectivity index (χ4v) is 2.24. The van der Waals surface area contributed by atoms with E-state index in [0.717, 1.165) is 11.1 Å². The van der Waals surface area contributed by atoms with Gasteiger partial charge in [0.1, 0.15) is 11.5 Å². The van der Waals surface area contributed by atoms with E-state index in [2.05, 4.69) is 31.3 Å². The summed E-state index contributed by atoms with van der Waals surface area (Å²) in [4.78, 5) is 0. The van der Waals surface area contributed by atoms with Crippen molar-refractivity contribution in [3.05, 3.63) is 59.7 Å². The number of aromatic hydroxyl groups is 1. The highest BCUT2D eigenvalue weighted by Crippen LogP contribution is 2.32. The fourth-order valence-electron chi connectivity index (χ4n) is 2.24. The Morgan fingerprint density at radius 2 is 1.75 bits per heavy atom. The van der Waals surface area contributed by atoms with Crippen LogP contribution in [0, 0.1) is 0 Å². The maximum absolute atomic E-state index is 10.2. The lowest BCUT2D eigenvalue weighted by molar-refractivity contribution is 0.403. The Bertz CT molecular complexity index is 552. The van der Waals surface area contributed by atoms with E-state index in [4.69, 9.17) is 4.74 Å². The second-order valence-corrected chi connectivity index (χ2v) is 5.09. The van der Waals surface area contributed by atoms with E-state index in [1.165, 1.54) is 0 Å². The lowest BCUT2D eigenvalue weighted by atomic mass is 9.97. The Hall–Kier alpha value is -2.00. The van der Waals surface area contributed by atoms with Crippen LogP contribution in [0.4, 0.5) is 0 Å². The van der Waals surface area contributed by atoms with Crippen molar-refractivity contribution in [3.63, 3.8) is 0 Å². The van der Waals surface area contributed by atoms with Crippen LogP contribution >= 0.6 is 0 Å². The molecule has 2 N–H and O–H groups in total. The third-order valence-corrected chi connectivity index (χ3v) is 3.18. The first kappa shape index (κ1) is 14.4. The first-order chi connectivity index (χ1) is 9.61. The molecule has 1 unspecified atom stereocenters. The van der Waals surface area contributed by atoms with E-state index < -0.39 is 0 Å². The number of benzene rings is 2. The molecular weight excluding hydrogens is 250 g/mol. The molecule has 0 radical (unpaired) electrons. The Morgan fingerprint density at radius 1 is 1.05 bits per heavy atom. The normalized spacial score (nSPS) is 12.4. The van der Waals surface area contributed by atoms with Crippen LogP contribution in [0.15, 0.2) is 48.5 Å². The molecule has 0 aromatic heterocycles. The lowest BCUT2D eigenvalue weighted by Gasteiger charge is -2.23. The van der Waals surface area contributed by atoms with Gasteiger partial charge in [-0.15, -0.1) is 0 Å². The number of phenolic OH excluding ortho intramolecular Hbond substituents is 1. The van der Waals surface area contributed by atoms with Gasteiger partial charge >= 0.3 is 0 Å². The quantitative estimate of drug-likeness (QED) is 0.874. The standard InChI is InChI=1S/C17H21NO2/c1-12(2)18-17(13-7-5-4-6-8-13)15-10-9-14(20-3)11-16(15)19/h4-12,17-19H,1-3H3. The molecule has 3 heteroatoms. The molecule has 0 heterocycles. The smallest absolute Gasteiger partial charge is 0.124 e. The molecule has 2 aromatic rings. The van der Waals surface area contributed by atoms with Crippen molar-refractivity contribution in [2.24, 2.45) is 0 Å². The van der Waals surface area contributed by atoms with Crippen LogP contribution in [0.2, 0.25) is 0 Å². The zero-order valence-electron chi connectivity index (χ0n) is 12.1. The van der Waals surface area contributed by atoms with Crippen molar-refractivity contribution in [1.29, 1.82) is 0 Å². The van der Waals surface area contributed by atoms with Gasteiger partial charge in [0.15, 0.2) is 0 Å². The summed E-state index contributed by atoms with van der Waals surface area (Å²) in [5.74, 6) is 0.897. The van der Waals surface area contributed by atoms with Crippen LogP contribution in [0.5, 0.6) is 11.5 Å². The second kappa shape index (κ2) is 6.44. The van der Waals surface area contributed by atoms with Crippen molar-refractivity contribution in [3.8, 4) is 11.5 Å². The fraction of sp³-hybridized carbons (Fsp3) is 0.294. The summed E-state index contributed by atoms with van der Waals surface area (Å²) < 4.78 is 5.14. The zero-order valence-corrected chi connectivity index (χ0v) is 12.1. The number of phenols is 1.